The first-order valence-corrected chi connectivity index (χ1v) is 41.3. The van der Waals surface area contributed by atoms with E-state index in [1.165, 1.54) is 61.2 Å². The highest BCUT2D eigenvalue weighted by Crippen LogP contribution is 2.61. The Labute approximate surface area is 729 Å². The van der Waals surface area contributed by atoms with Gasteiger partial charge in [-0.1, -0.05) is 370 Å². The van der Waals surface area contributed by atoms with Crippen molar-refractivity contribution in [3.05, 3.63) is 462 Å². The van der Waals surface area contributed by atoms with Crippen LogP contribution < -0.4 is 5.46 Å². The highest BCUT2D eigenvalue weighted by Gasteiger charge is 2.56. The van der Waals surface area contributed by atoms with Gasteiger partial charge in [-0.05, 0) is 162 Å². The zero-order chi connectivity index (χ0) is 83.2. The van der Waals surface area contributed by atoms with E-state index >= 15 is 0 Å². The number of hydrogen-bond donors (Lipinski definition) is 0. The average molecular weight is 1660 g/mol. The Morgan fingerprint density at radius 2 is 0.549 bits per heavy atom. The molecule has 21 rings (SSSR count). The number of fused-ring (bicyclic) bond motifs is 6. The second-order valence-electron chi connectivity index (χ2n) is 31.1. The Morgan fingerprint density at radius 3 is 0.885 bits per heavy atom. The fourth-order valence-corrected chi connectivity index (χ4v) is 17.7. The average Bonchev–Trinajstić information content (AvgIpc) is 1.52. The summed E-state index contributed by atoms with van der Waals surface area (Å²) < 4.78 is 25.0. The summed E-state index contributed by atoms with van der Waals surface area (Å²) in [6.45, 7) is 8.50. The van der Waals surface area contributed by atoms with E-state index in [0.29, 0.717) is 34.9 Å². The van der Waals surface area contributed by atoms with Gasteiger partial charge in [0.05, 0.1) is 22.0 Å². The summed E-state index contributed by atoms with van der Waals surface area (Å²) in [5.74, 6) is 3.80. The maximum atomic E-state index is 6.99. The third-order valence-electron chi connectivity index (χ3n) is 23.7. The summed E-state index contributed by atoms with van der Waals surface area (Å²) in [5, 5.41) is 0. The van der Waals surface area contributed by atoms with Gasteiger partial charge in [0.2, 0.25) is 0 Å². The van der Waals surface area contributed by atoms with Crippen LogP contribution in [0.15, 0.2) is 418 Å². The molecule has 4 aromatic heterocycles. The molecule has 0 bridgehead atoms. The van der Waals surface area contributed by atoms with Crippen molar-refractivity contribution in [1.82, 2.24) is 39.9 Å². The lowest BCUT2D eigenvalue weighted by Gasteiger charge is -2.34. The zero-order valence-corrected chi connectivity index (χ0v) is 70.9. The predicted molar refractivity (Wildman–Crippen MR) is 508 cm³/mol. The first-order chi connectivity index (χ1) is 59.9. The zero-order valence-electron chi connectivity index (χ0n) is 69.9. The largest absolute Gasteiger partial charge is 0.496 e. The Bertz CT molecular complexity index is 6510. The first kappa shape index (κ1) is 79.5. The maximum Gasteiger partial charge on any atom is 0.496 e. The summed E-state index contributed by atoms with van der Waals surface area (Å²) in [6.07, 6.45) is 7.32. The van der Waals surface area contributed by atoms with E-state index in [1.54, 1.807) is 12.4 Å². The molecule has 14 heteroatoms. The Balaban J connectivity index is 0.000000164. The summed E-state index contributed by atoms with van der Waals surface area (Å²) >= 11 is 3.25. The Morgan fingerprint density at radius 1 is 0.262 bits per heavy atom. The second-order valence-corrected chi connectivity index (χ2v) is 32.1. The molecular weight excluding hydrogens is 1570 g/mol. The molecule has 0 amide bonds. The number of halogens is 1. The van der Waals surface area contributed by atoms with E-state index in [4.69, 9.17) is 42.2 Å². The molecule has 1 atom stereocenters. The lowest BCUT2D eigenvalue weighted by molar-refractivity contribution is 0.00578. The minimum Gasteiger partial charge on any atom is -0.399 e. The van der Waals surface area contributed by atoms with Crippen molar-refractivity contribution in [3.63, 3.8) is 0 Å². The normalized spacial score (nSPS) is 13.7. The summed E-state index contributed by atoms with van der Waals surface area (Å²) in [6, 6.07) is 136. The molecule has 3 radical (unpaired) electrons. The fraction of sp³-hybridized carbons (Fsp3) is 0.0741. The van der Waals surface area contributed by atoms with Crippen molar-refractivity contribution >= 4 is 46.8 Å². The van der Waals surface area contributed by atoms with Gasteiger partial charge in [0.15, 0.2) is 34.9 Å². The van der Waals surface area contributed by atoms with Crippen LogP contribution in [0.25, 0.3) is 124 Å². The van der Waals surface area contributed by atoms with Gasteiger partial charge in [-0.2, -0.15) is 9.90 Å². The molecule has 1 saturated heterocycles. The Hall–Kier alpha value is -13.6. The number of pyridine rings is 2. The topological polar surface area (TPSA) is 122 Å². The van der Waals surface area contributed by atoms with Gasteiger partial charge in [0, 0.05) is 79.6 Å². The molecular formula is C108H85B2BrN8O2P. The maximum absolute atomic E-state index is 6.99. The van der Waals surface area contributed by atoms with E-state index in [2.05, 4.69) is 302 Å². The van der Waals surface area contributed by atoms with E-state index in [-0.39, 0.29) is 18.3 Å². The number of aromatic nitrogens is 8. The van der Waals surface area contributed by atoms with Gasteiger partial charge in [-0.25, -0.2) is 29.9 Å². The third kappa shape index (κ3) is 14.9. The highest BCUT2D eigenvalue weighted by atomic mass is 79.9. The second kappa shape index (κ2) is 34.6. The molecule has 1 fully saturated rings. The van der Waals surface area contributed by atoms with Crippen LogP contribution in [0.1, 0.15) is 75.2 Å². The third-order valence-corrected chi connectivity index (χ3v) is 24.1. The van der Waals surface area contributed by atoms with Crippen molar-refractivity contribution in [2.45, 2.75) is 49.7 Å². The van der Waals surface area contributed by atoms with E-state index in [0.717, 1.165) is 82.3 Å². The van der Waals surface area contributed by atoms with Crippen LogP contribution in [0.3, 0.4) is 0 Å². The van der Waals surface area contributed by atoms with Crippen LogP contribution >= 0.6 is 25.8 Å². The van der Waals surface area contributed by atoms with Crippen molar-refractivity contribution < 1.29 is 12.3 Å². The van der Waals surface area contributed by atoms with E-state index < -0.39 is 29.2 Å². The van der Waals surface area contributed by atoms with Crippen molar-refractivity contribution in [1.29, 1.82) is 0 Å². The van der Waals surface area contributed by atoms with Gasteiger partial charge in [0.25, 0.3) is 0 Å². The van der Waals surface area contributed by atoms with Gasteiger partial charge in [0.1, 0.15) is 0 Å². The smallest absolute Gasteiger partial charge is 0.399 e. The van der Waals surface area contributed by atoms with Crippen LogP contribution in [0.5, 0.6) is 0 Å². The monoisotopic (exact) mass is 1660 g/mol. The molecule has 14 aromatic carbocycles. The van der Waals surface area contributed by atoms with Crippen LogP contribution in [-0.2, 0) is 20.1 Å². The Kier molecular flexibility index (Phi) is 22.5. The molecule has 1 unspecified atom stereocenters. The fourth-order valence-electron chi connectivity index (χ4n) is 17.4. The minimum absolute atomic E-state index is 0. The molecule has 122 heavy (non-hydrogen) atoms. The minimum atomic E-state index is -0.615. The molecule has 587 valence electrons. The molecule has 1 aliphatic heterocycles. The van der Waals surface area contributed by atoms with Gasteiger partial charge in [-0.3, -0.25) is 9.97 Å². The molecule has 0 saturated carbocycles. The molecule has 0 N–H and O–H groups in total. The molecule has 3 aliphatic rings. The molecule has 0 spiro atoms. The molecule has 5 heterocycles. The number of benzene rings is 14. The molecule has 18 aromatic rings. The summed E-state index contributed by atoms with van der Waals surface area (Å²) in [5.41, 5.74) is 25.7. The predicted octanol–water partition coefficient (Wildman–Crippen LogP) is 24.9. The van der Waals surface area contributed by atoms with Crippen LogP contribution in [0.4, 0.5) is 0 Å². The van der Waals surface area contributed by atoms with Crippen LogP contribution in [-0.4, -0.2) is 66.6 Å². The van der Waals surface area contributed by atoms with Gasteiger partial charge < -0.3 is 9.31 Å². The quantitative estimate of drug-likeness (QED) is 0.0768. The van der Waals surface area contributed by atoms with Crippen molar-refractivity contribution in [2.75, 3.05) is 0 Å². The van der Waals surface area contributed by atoms with Gasteiger partial charge >= 0.3 is 7.12 Å². The number of nitrogens with zero attached hydrogens (tertiary/aromatic N) is 8. The van der Waals surface area contributed by atoms with E-state index in [9.17, 15) is 0 Å². The SMILES string of the molecule is Brc1cccnc1.CC1(C)OB(c2c(-c3ccc(-c4nc(-c5ccccc5)nc(-c5ccccc5)n4)cc3)ccc3c2-c2ccccc2C3(c2ccccc2)c2ccccc2)OC1(C)C.P.[3H][3H].[B].c1ccc(-c2nc(-c3ccccc3)nc(-c3ccc(-c4ccc5c(c4-c4cccnc4)-c4ccccc4C5(c4ccccc4)c4ccccc4)cc3)n2)cc1. The van der Waals surface area contributed by atoms with Crippen LogP contribution in [0.2, 0.25) is 0 Å². The van der Waals surface area contributed by atoms with Gasteiger partial charge in [-0.15, -0.1) is 0 Å². The first-order valence-electron chi connectivity index (χ1n) is 41.5. The highest BCUT2D eigenvalue weighted by molar-refractivity contribution is 9.10. The number of rotatable bonds is 14. The molecule has 10 nitrogen and oxygen atoms in total. The molecule has 2 aliphatic carbocycles. The lowest BCUT2D eigenvalue weighted by Crippen LogP contribution is -2.41. The van der Waals surface area contributed by atoms with Crippen LogP contribution in [0, 0.1) is 0 Å². The van der Waals surface area contributed by atoms with Crippen molar-refractivity contribution in [2.24, 2.45) is 0 Å². The van der Waals surface area contributed by atoms with Crippen molar-refractivity contribution in [3.8, 4) is 124 Å². The number of hydrogen-bond acceptors (Lipinski definition) is 10. The standard InChI is InChI=1S/C52H42BN3O2.C51H34N4.C5H4BrN.B.H3P.H2/c1-50(2)51(3,4)58-53(57-50)46-41(33-34-44-45(46)42-27-17-18-28-43(42)52(44,39-23-13-7-14-24-39)40-25-15-8-16-26-40)35-29-31-38(32-30-35)49-55-47(36-19-9-5-10-20-36)54-48(56-49)37-21-11-6-12-22-37;1-5-16-36(17-6-1)48-53-49(37-18-7-2-8-19-37)55-50(54-48)38-29-27-35(28-30-38)42-31-32-45-47(46(42)39-20-15-33-52-34-39)43-25-13-14-26-44(43)51(45,40-21-9-3-10-22-40)41-23-11-4-12-24-41;6-5-2-1-3-7-4-5;;;/h5-34H,1-4H3;1-34H;1-4H;;1H3;1H/i;;;;;1+2T. The lowest BCUT2D eigenvalue weighted by atomic mass is 9.65. The summed E-state index contributed by atoms with van der Waals surface area (Å²) in [4.78, 5) is 38.2. The summed E-state index contributed by atoms with van der Waals surface area (Å²) in [7, 11) is -0.615. The van der Waals surface area contributed by atoms with E-state index in [1.807, 2.05) is 152 Å².